The second-order valence-corrected chi connectivity index (χ2v) is 10.6. The minimum Gasteiger partial charge on any atom is -0.456 e. The standard InChI is InChI=1S/C23H24ClN5O5S/c1-14(30)34-13-19(31)29-11-8-16(9-12-29)22-20(18-7-10-25-23(26-18)35(2,32)33)21(27-28-22)15-3-5-17(24)6-4-15/h3-7,10,16H,8-9,11-13H2,1-2H3,(H,27,28). The largest absolute Gasteiger partial charge is 0.456 e. The number of likely N-dealkylation sites (tertiary alicyclic amines) is 1. The first-order chi connectivity index (χ1) is 16.6. The molecule has 10 nitrogen and oxygen atoms in total. The second-order valence-electron chi connectivity index (χ2n) is 8.30. The number of esters is 1. The third kappa shape index (κ3) is 5.68. The highest BCUT2D eigenvalue weighted by molar-refractivity contribution is 7.90. The summed E-state index contributed by atoms with van der Waals surface area (Å²) in [5, 5.41) is 7.99. The van der Waals surface area contributed by atoms with Crippen LogP contribution in [0.5, 0.6) is 0 Å². The molecule has 184 valence electrons. The fraction of sp³-hybridized carbons (Fsp3) is 0.348. The molecule has 1 aliphatic heterocycles. The number of benzene rings is 1. The molecule has 12 heteroatoms. The Kier molecular flexibility index (Phi) is 7.18. The normalized spacial score (nSPS) is 14.7. The third-order valence-corrected chi connectivity index (χ3v) is 6.90. The van der Waals surface area contributed by atoms with E-state index in [0.717, 1.165) is 17.5 Å². The van der Waals surface area contributed by atoms with E-state index < -0.39 is 15.8 Å². The molecule has 0 atom stereocenters. The zero-order valence-electron chi connectivity index (χ0n) is 19.2. The number of aromatic amines is 1. The van der Waals surface area contributed by atoms with Gasteiger partial charge in [-0.25, -0.2) is 18.4 Å². The highest BCUT2D eigenvalue weighted by Gasteiger charge is 2.30. The molecule has 1 fully saturated rings. The van der Waals surface area contributed by atoms with Crippen molar-refractivity contribution in [2.45, 2.75) is 30.8 Å². The monoisotopic (exact) mass is 517 g/mol. The van der Waals surface area contributed by atoms with Crippen molar-refractivity contribution in [3.05, 3.63) is 47.2 Å². The lowest BCUT2D eigenvalue weighted by Crippen LogP contribution is -2.40. The van der Waals surface area contributed by atoms with Gasteiger partial charge in [0.05, 0.1) is 5.69 Å². The van der Waals surface area contributed by atoms with Gasteiger partial charge in [-0.3, -0.25) is 14.7 Å². The van der Waals surface area contributed by atoms with Gasteiger partial charge < -0.3 is 9.64 Å². The van der Waals surface area contributed by atoms with E-state index in [1.165, 1.54) is 13.1 Å². The summed E-state index contributed by atoms with van der Waals surface area (Å²) < 4.78 is 29.0. The van der Waals surface area contributed by atoms with Crippen LogP contribution in [-0.4, -0.2) is 71.3 Å². The third-order valence-electron chi connectivity index (χ3n) is 5.79. The molecule has 1 aromatic carbocycles. The Balaban J connectivity index is 1.68. The van der Waals surface area contributed by atoms with Crippen LogP contribution in [-0.2, 0) is 24.2 Å². The smallest absolute Gasteiger partial charge is 0.303 e. The van der Waals surface area contributed by atoms with Crippen LogP contribution in [0.4, 0.5) is 0 Å². The molecule has 1 N–H and O–H groups in total. The number of nitrogens with one attached hydrogen (secondary N) is 1. The van der Waals surface area contributed by atoms with Gasteiger partial charge in [0, 0.05) is 60.2 Å². The number of carbonyl (C=O) groups excluding carboxylic acids is 2. The number of amides is 1. The summed E-state index contributed by atoms with van der Waals surface area (Å²) in [6.07, 6.45) is 3.76. The van der Waals surface area contributed by atoms with Crippen LogP contribution in [0.3, 0.4) is 0 Å². The fourth-order valence-corrected chi connectivity index (χ4v) is 4.70. The van der Waals surface area contributed by atoms with Gasteiger partial charge in [0.25, 0.3) is 5.91 Å². The van der Waals surface area contributed by atoms with Crippen LogP contribution in [0, 0.1) is 0 Å². The summed E-state index contributed by atoms with van der Waals surface area (Å²) in [6.45, 7) is 1.96. The molecule has 0 saturated carbocycles. The van der Waals surface area contributed by atoms with E-state index in [2.05, 4.69) is 20.2 Å². The number of ether oxygens (including phenoxy) is 1. The molecule has 0 radical (unpaired) electrons. The van der Waals surface area contributed by atoms with Crippen molar-refractivity contribution in [2.24, 2.45) is 0 Å². The van der Waals surface area contributed by atoms with Gasteiger partial charge in [0.2, 0.25) is 15.0 Å². The van der Waals surface area contributed by atoms with Crippen LogP contribution in [0.25, 0.3) is 22.5 Å². The summed E-state index contributed by atoms with van der Waals surface area (Å²) in [5.74, 6) is -0.713. The number of piperidine rings is 1. The van der Waals surface area contributed by atoms with Crippen molar-refractivity contribution in [1.29, 1.82) is 0 Å². The highest BCUT2D eigenvalue weighted by Crippen LogP contribution is 2.39. The van der Waals surface area contributed by atoms with Crippen LogP contribution in [0.15, 0.2) is 41.7 Å². The van der Waals surface area contributed by atoms with Crippen LogP contribution in [0.2, 0.25) is 5.02 Å². The number of carbonyl (C=O) groups is 2. The number of nitrogens with zero attached hydrogens (tertiary/aromatic N) is 4. The van der Waals surface area contributed by atoms with Gasteiger partial charge in [0.15, 0.2) is 6.61 Å². The van der Waals surface area contributed by atoms with Crippen molar-refractivity contribution in [1.82, 2.24) is 25.1 Å². The first kappa shape index (κ1) is 24.8. The van der Waals surface area contributed by atoms with Crippen LogP contribution < -0.4 is 0 Å². The molecule has 2 aromatic heterocycles. The minimum absolute atomic E-state index is 0.0213. The van der Waals surface area contributed by atoms with Crippen molar-refractivity contribution in [3.8, 4) is 22.5 Å². The first-order valence-electron chi connectivity index (χ1n) is 10.9. The number of sulfone groups is 1. The van der Waals surface area contributed by atoms with E-state index in [0.29, 0.717) is 47.9 Å². The SMILES string of the molecule is CC(=O)OCC(=O)N1CCC(c2[nH]nc(-c3ccc(Cl)cc3)c2-c2ccnc(S(C)(=O)=O)n2)CC1. The lowest BCUT2D eigenvalue weighted by atomic mass is 9.89. The van der Waals surface area contributed by atoms with Crippen molar-refractivity contribution < 1.29 is 22.7 Å². The van der Waals surface area contributed by atoms with Gasteiger partial charge in [-0.1, -0.05) is 23.7 Å². The van der Waals surface area contributed by atoms with Gasteiger partial charge >= 0.3 is 5.97 Å². The van der Waals surface area contributed by atoms with Crippen LogP contribution in [0.1, 0.15) is 31.4 Å². The molecule has 35 heavy (non-hydrogen) atoms. The molecule has 1 saturated heterocycles. The number of hydrogen-bond donors (Lipinski definition) is 1. The van der Waals surface area contributed by atoms with E-state index >= 15 is 0 Å². The summed E-state index contributed by atoms with van der Waals surface area (Å²) in [7, 11) is -3.62. The van der Waals surface area contributed by atoms with Gasteiger partial charge in [-0.2, -0.15) is 5.10 Å². The molecule has 0 bridgehead atoms. The quantitative estimate of drug-likeness (QED) is 0.389. The summed E-state index contributed by atoms with van der Waals surface area (Å²) >= 11 is 6.06. The van der Waals surface area contributed by atoms with Crippen molar-refractivity contribution in [2.75, 3.05) is 26.0 Å². The van der Waals surface area contributed by atoms with E-state index in [4.69, 9.17) is 16.3 Å². The number of hydrogen-bond acceptors (Lipinski definition) is 8. The average molecular weight is 518 g/mol. The Morgan fingerprint density at radius 3 is 2.49 bits per heavy atom. The summed E-state index contributed by atoms with van der Waals surface area (Å²) in [5.41, 5.74) is 3.33. The maximum absolute atomic E-state index is 12.3. The molecule has 0 unspecified atom stereocenters. The van der Waals surface area contributed by atoms with E-state index in [9.17, 15) is 18.0 Å². The summed E-state index contributed by atoms with van der Waals surface area (Å²) in [4.78, 5) is 33.2. The zero-order valence-corrected chi connectivity index (χ0v) is 20.8. The Morgan fingerprint density at radius 2 is 1.86 bits per heavy atom. The molecule has 3 heterocycles. The maximum Gasteiger partial charge on any atom is 0.303 e. The molecule has 1 aliphatic rings. The lowest BCUT2D eigenvalue weighted by molar-refractivity contribution is -0.150. The molecule has 1 amide bonds. The Hall–Kier alpha value is -3.31. The Morgan fingerprint density at radius 1 is 1.17 bits per heavy atom. The maximum atomic E-state index is 12.3. The number of rotatable bonds is 6. The van der Waals surface area contributed by atoms with E-state index in [1.807, 2.05) is 12.1 Å². The molecule has 3 aromatic rings. The van der Waals surface area contributed by atoms with Gasteiger partial charge in [-0.05, 0) is 31.0 Å². The second kappa shape index (κ2) is 10.1. The van der Waals surface area contributed by atoms with Crippen molar-refractivity contribution in [3.63, 3.8) is 0 Å². The lowest BCUT2D eigenvalue weighted by Gasteiger charge is -2.31. The Labute approximate surface area is 207 Å². The number of H-pyrrole nitrogens is 1. The highest BCUT2D eigenvalue weighted by atomic mass is 35.5. The number of halogens is 1. The fourth-order valence-electron chi connectivity index (χ4n) is 4.06. The van der Waals surface area contributed by atoms with E-state index in [-0.39, 0.29) is 23.6 Å². The average Bonchev–Trinajstić information content (AvgIpc) is 3.28. The predicted molar refractivity (Wildman–Crippen MR) is 128 cm³/mol. The van der Waals surface area contributed by atoms with E-state index in [1.54, 1.807) is 23.1 Å². The molecular formula is C23H24ClN5O5S. The molecular weight excluding hydrogens is 494 g/mol. The predicted octanol–water partition coefficient (Wildman–Crippen LogP) is 2.86. The van der Waals surface area contributed by atoms with Gasteiger partial charge in [0.1, 0.15) is 5.69 Å². The van der Waals surface area contributed by atoms with Crippen molar-refractivity contribution >= 4 is 33.3 Å². The number of aromatic nitrogens is 4. The minimum atomic E-state index is -3.62. The summed E-state index contributed by atoms with van der Waals surface area (Å²) in [6, 6.07) is 8.83. The molecule has 0 aliphatic carbocycles. The molecule has 0 spiro atoms. The van der Waals surface area contributed by atoms with Crippen LogP contribution >= 0.6 is 11.6 Å². The first-order valence-corrected chi connectivity index (χ1v) is 13.2. The Bertz CT molecular complexity index is 1350. The van der Waals surface area contributed by atoms with Gasteiger partial charge in [-0.15, -0.1) is 0 Å². The topological polar surface area (TPSA) is 135 Å². The molecule has 4 rings (SSSR count). The zero-order chi connectivity index (χ0) is 25.2.